The number of fused-ring (bicyclic) bond motifs is 3. The molecular weight excluding hydrogens is 378 g/mol. The average Bonchev–Trinajstić information content (AvgIpc) is 3.26. The Hall–Kier alpha value is -3.86. The highest BCUT2D eigenvalue weighted by Gasteiger charge is 2.10. The number of hydrogen-bond donors (Lipinski definition) is 1. The van der Waals surface area contributed by atoms with Crippen molar-refractivity contribution in [2.75, 3.05) is 0 Å². The molecule has 1 N–H and O–H groups in total. The van der Waals surface area contributed by atoms with Crippen LogP contribution in [-0.2, 0) is 20.9 Å². The molecule has 1 aliphatic rings. The molecule has 0 saturated heterocycles. The molecule has 5 nitrogen and oxygen atoms in total. The minimum Gasteiger partial charge on any atom is -0.467 e. The molecule has 1 heterocycles. The molecule has 0 unspecified atom stereocenters. The molecule has 30 heavy (non-hydrogen) atoms. The van der Waals surface area contributed by atoms with Crippen LogP contribution in [0.25, 0.3) is 22.9 Å². The molecule has 0 spiro atoms. The lowest BCUT2D eigenvalue weighted by Crippen LogP contribution is -2.26. The van der Waals surface area contributed by atoms with Gasteiger partial charge in [0.1, 0.15) is 11.5 Å². The van der Waals surface area contributed by atoms with Crippen molar-refractivity contribution in [2.24, 2.45) is 0 Å². The van der Waals surface area contributed by atoms with Gasteiger partial charge in [0, 0.05) is 6.42 Å². The van der Waals surface area contributed by atoms with Gasteiger partial charge < -0.3 is 14.5 Å². The number of carbonyl (C=O) groups is 2. The van der Waals surface area contributed by atoms with Gasteiger partial charge >= 0.3 is 5.97 Å². The van der Waals surface area contributed by atoms with E-state index in [1.165, 1.54) is 0 Å². The number of ether oxygens (including phenoxy) is 1. The van der Waals surface area contributed by atoms with Crippen molar-refractivity contribution in [1.29, 1.82) is 0 Å². The van der Waals surface area contributed by atoms with Crippen molar-refractivity contribution in [3.63, 3.8) is 0 Å². The number of carbonyl (C=O) groups excluding carboxylic acids is 2. The van der Waals surface area contributed by atoms with Gasteiger partial charge in [-0.3, -0.25) is 9.59 Å². The Balaban J connectivity index is 1.44. The van der Waals surface area contributed by atoms with E-state index in [1.807, 2.05) is 48.6 Å². The number of hydrogen-bond acceptors (Lipinski definition) is 4. The number of esters is 1. The lowest BCUT2D eigenvalue weighted by atomic mass is 10.0. The third-order valence-corrected chi connectivity index (χ3v) is 4.77. The first kappa shape index (κ1) is 19.5. The van der Waals surface area contributed by atoms with Crippen molar-refractivity contribution in [1.82, 2.24) is 5.32 Å². The van der Waals surface area contributed by atoms with Crippen molar-refractivity contribution >= 4 is 34.8 Å². The quantitative estimate of drug-likeness (QED) is 0.647. The van der Waals surface area contributed by atoms with Gasteiger partial charge in [-0.05, 0) is 45.5 Å². The lowest BCUT2D eigenvalue weighted by molar-refractivity contribution is -0.140. The molecule has 0 radical (unpaired) electrons. The van der Waals surface area contributed by atoms with Crippen LogP contribution in [0.4, 0.5) is 0 Å². The van der Waals surface area contributed by atoms with Gasteiger partial charge in [-0.25, -0.2) is 0 Å². The number of rotatable bonds is 6. The summed E-state index contributed by atoms with van der Waals surface area (Å²) in [6.45, 7) is 0.297. The summed E-state index contributed by atoms with van der Waals surface area (Å²) in [5.74, 6) is 0.419. The van der Waals surface area contributed by atoms with E-state index >= 15 is 0 Å². The SMILES string of the molecule is O=C(CCC(=O)OC1=C/C=C\C=c2\ccc3ccccc3\c2=C\1)NCc1ccco1. The number of benzene rings is 2. The third kappa shape index (κ3) is 4.75. The Morgan fingerprint density at radius 3 is 2.67 bits per heavy atom. The molecule has 1 aromatic heterocycles. The number of allylic oxidation sites excluding steroid dienone is 4. The third-order valence-electron chi connectivity index (χ3n) is 4.77. The molecule has 150 valence electrons. The molecule has 3 aromatic rings. The Kier molecular flexibility index (Phi) is 5.90. The predicted molar refractivity (Wildman–Crippen MR) is 115 cm³/mol. The maximum absolute atomic E-state index is 12.3. The van der Waals surface area contributed by atoms with Gasteiger partial charge in [0.25, 0.3) is 0 Å². The minimum absolute atomic E-state index is 0.00655. The lowest BCUT2D eigenvalue weighted by Gasteiger charge is -2.07. The van der Waals surface area contributed by atoms with E-state index in [4.69, 9.17) is 9.15 Å². The van der Waals surface area contributed by atoms with Gasteiger partial charge in [0.05, 0.1) is 19.2 Å². The maximum atomic E-state index is 12.3. The number of furan rings is 1. The van der Waals surface area contributed by atoms with Crippen LogP contribution < -0.4 is 15.8 Å². The zero-order valence-electron chi connectivity index (χ0n) is 16.3. The molecule has 0 aliphatic heterocycles. The van der Waals surface area contributed by atoms with E-state index in [2.05, 4.69) is 17.4 Å². The van der Waals surface area contributed by atoms with Crippen LogP contribution in [0, 0.1) is 0 Å². The summed E-state index contributed by atoms with van der Waals surface area (Å²) in [7, 11) is 0. The summed E-state index contributed by atoms with van der Waals surface area (Å²) >= 11 is 0. The number of amides is 1. The van der Waals surface area contributed by atoms with Crippen molar-refractivity contribution in [2.45, 2.75) is 19.4 Å². The Labute approximate surface area is 173 Å². The highest BCUT2D eigenvalue weighted by atomic mass is 16.5. The van der Waals surface area contributed by atoms with Crippen LogP contribution in [0.15, 0.2) is 83.2 Å². The fourth-order valence-corrected chi connectivity index (χ4v) is 3.27. The Morgan fingerprint density at radius 2 is 1.80 bits per heavy atom. The van der Waals surface area contributed by atoms with Gasteiger partial charge in [0.2, 0.25) is 5.91 Å². The highest BCUT2D eigenvalue weighted by Crippen LogP contribution is 2.10. The van der Waals surface area contributed by atoms with Crippen LogP contribution in [0.2, 0.25) is 0 Å². The molecule has 2 aromatic carbocycles. The summed E-state index contributed by atoms with van der Waals surface area (Å²) in [6, 6.07) is 15.7. The molecule has 0 bridgehead atoms. The molecule has 1 aliphatic carbocycles. The summed E-state index contributed by atoms with van der Waals surface area (Å²) < 4.78 is 10.7. The Morgan fingerprint density at radius 1 is 0.933 bits per heavy atom. The predicted octanol–water partition coefficient (Wildman–Crippen LogP) is 3.09. The smallest absolute Gasteiger partial charge is 0.311 e. The van der Waals surface area contributed by atoms with Gasteiger partial charge in [-0.2, -0.15) is 0 Å². The second kappa shape index (κ2) is 9.09. The van der Waals surface area contributed by atoms with E-state index in [1.54, 1.807) is 24.5 Å². The molecule has 1 amide bonds. The highest BCUT2D eigenvalue weighted by molar-refractivity contribution is 5.85. The van der Waals surface area contributed by atoms with Gasteiger partial charge in [-0.15, -0.1) is 0 Å². The zero-order chi connectivity index (χ0) is 20.8. The van der Waals surface area contributed by atoms with Crippen LogP contribution in [0.5, 0.6) is 0 Å². The summed E-state index contributed by atoms with van der Waals surface area (Å²) in [6.07, 6.45) is 11.0. The molecule has 5 heteroatoms. The fourth-order valence-electron chi connectivity index (χ4n) is 3.27. The second-order valence-corrected chi connectivity index (χ2v) is 6.88. The van der Waals surface area contributed by atoms with Crippen LogP contribution >= 0.6 is 0 Å². The van der Waals surface area contributed by atoms with E-state index < -0.39 is 5.97 Å². The topological polar surface area (TPSA) is 68.5 Å². The maximum Gasteiger partial charge on any atom is 0.311 e. The van der Waals surface area contributed by atoms with Gasteiger partial charge in [-0.1, -0.05) is 54.6 Å². The zero-order valence-corrected chi connectivity index (χ0v) is 16.3. The summed E-state index contributed by atoms with van der Waals surface area (Å²) in [5.41, 5.74) is 0. The molecule has 4 rings (SSSR count). The normalized spacial score (nSPS) is 17.7. The van der Waals surface area contributed by atoms with Gasteiger partial charge in [0.15, 0.2) is 0 Å². The van der Waals surface area contributed by atoms with Crippen LogP contribution in [0.1, 0.15) is 18.6 Å². The van der Waals surface area contributed by atoms with E-state index in [-0.39, 0.29) is 18.7 Å². The first-order chi connectivity index (χ1) is 14.7. The fraction of sp³-hybridized carbons (Fsp3) is 0.120. The molecule has 0 saturated carbocycles. The van der Waals surface area contributed by atoms with E-state index in [0.29, 0.717) is 18.1 Å². The van der Waals surface area contributed by atoms with E-state index in [0.717, 1.165) is 21.2 Å². The summed E-state index contributed by atoms with van der Waals surface area (Å²) in [5, 5.41) is 6.95. The molecule has 0 fully saturated rings. The van der Waals surface area contributed by atoms with Crippen LogP contribution in [0.3, 0.4) is 0 Å². The second-order valence-electron chi connectivity index (χ2n) is 6.88. The van der Waals surface area contributed by atoms with E-state index in [9.17, 15) is 9.59 Å². The van der Waals surface area contributed by atoms with Crippen molar-refractivity contribution in [3.8, 4) is 0 Å². The number of nitrogens with one attached hydrogen (secondary N) is 1. The standard InChI is InChI=1S/C25H21NO4/c27-24(26-17-21-9-5-15-29-21)13-14-25(28)30-20-8-3-1-7-19-12-11-18-6-2-4-10-22(18)23(19)16-20/h1-12,15-16H,13-14,17H2,(H,26,27)/b3-1-,7-1?,8-3?,19-7-,20-8+,20-16?,23-16+. The molecular formula is C25H21NO4. The van der Waals surface area contributed by atoms with Crippen molar-refractivity contribution in [3.05, 3.63) is 95.0 Å². The monoisotopic (exact) mass is 399 g/mol. The van der Waals surface area contributed by atoms with Crippen LogP contribution in [-0.4, -0.2) is 11.9 Å². The Bertz CT molecular complexity index is 1250. The first-order valence-corrected chi connectivity index (χ1v) is 9.77. The minimum atomic E-state index is -0.453. The average molecular weight is 399 g/mol. The largest absolute Gasteiger partial charge is 0.467 e. The first-order valence-electron chi connectivity index (χ1n) is 9.77. The summed E-state index contributed by atoms with van der Waals surface area (Å²) in [4.78, 5) is 24.3. The van der Waals surface area contributed by atoms with Crippen molar-refractivity contribution < 1.29 is 18.7 Å². The molecule has 0 atom stereocenters.